The molecule has 0 N–H and O–H groups in total. The summed E-state index contributed by atoms with van der Waals surface area (Å²) in [5, 5.41) is 0. The summed E-state index contributed by atoms with van der Waals surface area (Å²) in [4.78, 5) is 23.1. The fourth-order valence-corrected chi connectivity index (χ4v) is 2.12. The number of halogens is 2. The third-order valence-electron chi connectivity index (χ3n) is 2.42. The van der Waals surface area contributed by atoms with E-state index in [4.69, 9.17) is 9.47 Å². The SMILES string of the molecule is CCOC(=O)C(=O)c1cc2c(c(Br)c1F)OCCO2. The van der Waals surface area contributed by atoms with E-state index in [9.17, 15) is 14.0 Å². The van der Waals surface area contributed by atoms with Gasteiger partial charge in [0.25, 0.3) is 5.78 Å². The molecule has 0 amide bonds. The highest BCUT2D eigenvalue weighted by Gasteiger charge is 2.28. The van der Waals surface area contributed by atoms with Gasteiger partial charge in [-0.15, -0.1) is 0 Å². The van der Waals surface area contributed by atoms with Crippen LogP contribution in [-0.4, -0.2) is 31.6 Å². The summed E-state index contributed by atoms with van der Waals surface area (Å²) in [5.74, 6) is -2.64. The molecule has 0 spiro atoms. The Morgan fingerprint density at radius 1 is 1.42 bits per heavy atom. The number of benzene rings is 1. The molecule has 1 aliphatic heterocycles. The Morgan fingerprint density at radius 2 is 2.11 bits per heavy atom. The van der Waals surface area contributed by atoms with E-state index in [1.807, 2.05) is 0 Å². The van der Waals surface area contributed by atoms with Gasteiger partial charge in [0.2, 0.25) is 0 Å². The van der Waals surface area contributed by atoms with Crippen molar-refractivity contribution in [2.45, 2.75) is 6.92 Å². The van der Waals surface area contributed by atoms with Crippen molar-refractivity contribution in [3.05, 3.63) is 21.9 Å². The highest BCUT2D eigenvalue weighted by atomic mass is 79.9. The average molecular weight is 333 g/mol. The zero-order valence-corrected chi connectivity index (χ0v) is 11.6. The van der Waals surface area contributed by atoms with E-state index in [0.29, 0.717) is 0 Å². The van der Waals surface area contributed by atoms with E-state index in [0.717, 1.165) is 6.07 Å². The zero-order chi connectivity index (χ0) is 14.0. The molecular formula is C12H10BrFO5. The predicted octanol–water partition coefficient (Wildman–Crippen LogP) is 2.11. The quantitative estimate of drug-likeness (QED) is 0.482. The van der Waals surface area contributed by atoms with Gasteiger partial charge in [-0.25, -0.2) is 9.18 Å². The minimum atomic E-state index is -1.11. The summed E-state index contributed by atoms with van der Waals surface area (Å²) >= 11 is 2.99. The largest absolute Gasteiger partial charge is 0.486 e. The first-order valence-corrected chi connectivity index (χ1v) is 6.34. The van der Waals surface area contributed by atoms with Crippen molar-refractivity contribution >= 4 is 27.7 Å². The van der Waals surface area contributed by atoms with Crippen molar-refractivity contribution in [1.29, 1.82) is 0 Å². The molecule has 7 heteroatoms. The van der Waals surface area contributed by atoms with Crippen molar-refractivity contribution in [2.24, 2.45) is 0 Å². The number of Topliss-reactive ketones (excluding diaryl/α,β-unsaturated/α-hetero) is 1. The van der Waals surface area contributed by atoms with Gasteiger partial charge in [0.05, 0.1) is 16.6 Å². The van der Waals surface area contributed by atoms with E-state index >= 15 is 0 Å². The Balaban J connectivity index is 2.44. The van der Waals surface area contributed by atoms with E-state index in [1.165, 1.54) is 0 Å². The lowest BCUT2D eigenvalue weighted by Crippen LogP contribution is -2.21. The number of fused-ring (bicyclic) bond motifs is 1. The number of ether oxygens (including phenoxy) is 3. The lowest BCUT2D eigenvalue weighted by Gasteiger charge is -2.20. The Bertz CT molecular complexity index is 543. The van der Waals surface area contributed by atoms with Crippen LogP contribution >= 0.6 is 15.9 Å². The fraction of sp³-hybridized carbons (Fsp3) is 0.333. The third-order valence-corrected chi connectivity index (χ3v) is 3.13. The number of ketones is 1. The maximum atomic E-state index is 14.0. The second kappa shape index (κ2) is 5.56. The molecule has 0 fully saturated rings. The molecule has 0 atom stereocenters. The second-order valence-corrected chi connectivity index (χ2v) is 4.42. The molecule has 1 aliphatic rings. The zero-order valence-electron chi connectivity index (χ0n) is 10.00. The van der Waals surface area contributed by atoms with Crippen LogP contribution in [0.1, 0.15) is 17.3 Å². The van der Waals surface area contributed by atoms with E-state index < -0.39 is 23.1 Å². The van der Waals surface area contributed by atoms with Gasteiger partial charge in [0.1, 0.15) is 13.2 Å². The minimum absolute atomic E-state index is 0.0396. The molecule has 0 unspecified atom stereocenters. The molecule has 1 heterocycles. The van der Waals surface area contributed by atoms with Crippen LogP contribution in [0.4, 0.5) is 4.39 Å². The first-order chi connectivity index (χ1) is 9.06. The van der Waals surface area contributed by atoms with Gasteiger partial charge in [-0.3, -0.25) is 4.79 Å². The molecule has 0 radical (unpaired) electrons. The third kappa shape index (κ3) is 2.56. The van der Waals surface area contributed by atoms with Gasteiger partial charge in [-0.1, -0.05) is 0 Å². The van der Waals surface area contributed by atoms with Gasteiger partial charge in [-0.2, -0.15) is 0 Å². The number of esters is 1. The minimum Gasteiger partial charge on any atom is -0.486 e. The van der Waals surface area contributed by atoms with Crippen molar-refractivity contribution in [3.8, 4) is 11.5 Å². The van der Waals surface area contributed by atoms with Gasteiger partial charge in [0.15, 0.2) is 17.3 Å². The molecule has 2 rings (SSSR count). The molecular weight excluding hydrogens is 323 g/mol. The van der Waals surface area contributed by atoms with Crippen LogP contribution in [0, 0.1) is 5.82 Å². The van der Waals surface area contributed by atoms with Gasteiger partial charge in [-0.05, 0) is 28.9 Å². The molecule has 0 bridgehead atoms. The molecule has 19 heavy (non-hydrogen) atoms. The standard InChI is InChI=1S/C12H10BrFO5/c1-2-17-12(16)10(15)6-5-7-11(8(13)9(6)14)19-4-3-18-7/h5H,2-4H2,1H3. The predicted molar refractivity (Wildman–Crippen MR) is 66.1 cm³/mol. The molecule has 0 saturated carbocycles. The topological polar surface area (TPSA) is 61.8 Å². The number of hydrogen-bond acceptors (Lipinski definition) is 5. The number of carbonyl (C=O) groups excluding carboxylic acids is 2. The molecule has 0 aromatic heterocycles. The number of rotatable bonds is 3. The first-order valence-electron chi connectivity index (χ1n) is 5.55. The van der Waals surface area contributed by atoms with Crippen molar-refractivity contribution in [3.63, 3.8) is 0 Å². The normalized spacial score (nSPS) is 13.0. The lowest BCUT2D eigenvalue weighted by atomic mass is 10.1. The van der Waals surface area contributed by atoms with Crippen molar-refractivity contribution in [2.75, 3.05) is 19.8 Å². The fourth-order valence-electron chi connectivity index (χ4n) is 1.59. The van der Waals surface area contributed by atoms with E-state index in [2.05, 4.69) is 20.7 Å². The van der Waals surface area contributed by atoms with Crippen molar-refractivity contribution < 1.29 is 28.2 Å². The maximum Gasteiger partial charge on any atom is 0.379 e. The summed E-state index contributed by atoms with van der Waals surface area (Å²) < 4.78 is 29.0. The average Bonchev–Trinajstić information content (AvgIpc) is 2.42. The summed E-state index contributed by atoms with van der Waals surface area (Å²) in [5.41, 5.74) is -0.408. The number of hydrogen-bond donors (Lipinski definition) is 0. The Morgan fingerprint density at radius 3 is 2.79 bits per heavy atom. The molecule has 1 aromatic rings. The number of carbonyl (C=O) groups is 2. The van der Waals surface area contributed by atoms with E-state index in [1.54, 1.807) is 6.92 Å². The van der Waals surface area contributed by atoms with Crippen LogP contribution in [0.2, 0.25) is 0 Å². The molecule has 1 aromatic carbocycles. The van der Waals surface area contributed by atoms with Gasteiger partial charge < -0.3 is 14.2 Å². The van der Waals surface area contributed by atoms with Gasteiger partial charge in [0, 0.05) is 0 Å². The monoisotopic (exact) mass is 332 g/mol. The molecule has 5 nitrogen and oxygen atoms in total. The highest BCUT2D eigenvalue weighted by molar-refractivity contribution is 9.10. The Kier molecular flexibility index (Phi) is 4.04. The van der Waals surface area contributed by atoms with Crippen LogP contribution in [0.15, 0.2) is 10.5 Å². The van der Waals surface area contributed by atoms with Crippen LogP contribution in [-0.2, 0) is 9.53 Å². The Hall–Kier alpha value is -1.63. The van der Waals surface area contributed by atoms with Crippen LogP contribution < -0.4 is 9.47 Å². The molecule has 102 valence electrons. The molecule has 0 aliphatic carbocycles. The van der Waals surface area contributed by atoms with Crippen LogP contribution in [0.3, 0.4) is 0 Å². The van der Waals surface area contributed by atoms with Crippen LogP contribution in [0.5, 0.6) is 11.5 Å². The summed E-state index contributed by atoms with van der Waals surface area (Å²) in [6.07, 6.45) is 0. The first kappa shape index (κ1) is 13.8. The summed E-state index contributed by atoms with van der Waals surface area (Å²) in [6.45, 7) is 2.17. The van der Waals surface area contributed by atoms with Gasteiger partial charge >= 0.3 is 5.97 Å². The lowest BCUT2D eigenvalue weighted by molar-refractivity contribution is -0.137. The summed E-state index contributed by atoms with van der Waals surface area (Å²) in [7, 11) is 0. The summed E-state index contributed by atoms with van der Waals surface area (Å²) in [6, 6.07) is 1.15. The molecule has 0 saturated heterocycles. The highest BCUT2D eigenvalue weighted by Crippen LogP contribution is 2.40. The Labute approximate surface area is 116 Å². The van der Waals surface area contributed by atoms with E-state index in [-0.39, 0.29) is 35.8 Å². The maximum absolute atomic E-state index is 14.0. The second-order valence-electron chi connectivity index (χ2n) is 3.63. The van der Waals surface area contributed by atoms with Crippen molar-refractivity contribution in [1.82, 2.24) is 0 Å². The van der Waals surface area contributed by atoms with Crippen LogP contribution in [0.25, 0.3) is 0 Å². The smallest absolute Gasteiger partial charge is 0.379 e.